The molecule has 0 N–H and O–H groups in total. The average Bonchev–Trinajstić information content (AvgIpc) is 3.01. The molecular weight excluding hydrogens is 313 g/mol. The van der Waals surface area contributed by atoms with E-state index < -0.39 is 0 Å². The molecule has 0 radical (unpaired) electrons. The Labute approximate surface area is 130 Å². The number of aromatic nitrogens is 1. The number of nitrogens with zero attached hydrogens (tertiary/aromatic N) is 1. The zero-order chi connectivity index (χ0) is 15.0. The molecule has 0 fully saturated rings. The Hall–Kier alpha value is -1.46. The van der Waals surface area contributed by atoms with Gasteiger partial charge in [-0.2, -0.15) is 0 Å². The number of fused-ring (bicyclic) bond motifs is 1. The summed E-state index contributed by atoms with van der Waals surface area (Å²) in [7, 11) is 0. The SMILES string of the molecule is CCOC(=O)C1CCc2sc(-c3cc(Cl)ccc3F)nc21. The Balaban J connectivity index is 1.97. The number of ether oxygens (including phenoxy) is 1. The lowest BCUT2D eigenvalue weighted by Crippen LogP contribution is -2.14. The summed E-state index contributed by atoms with van der Waals surface area (Å²) in [6.45, 7) is 2.13. The summed E-state index contributed by atoms with van der Waals surface area (Å²) in [4.78, 5) is 17.4. The molecular formula is C15H13ClFNO2S. The van der Waals surface area contributed by atoms with Crippen molar-refractivity contribution in [1.29, 1.82) is 0 Å². The summed E-state index contributed by atoms with van der Waals surface area (Å²) in [5.41, 5.74) is 1.11. The van der Waals surface area contributed by atoms with Crippen molar-refractivity contribution >= 4 is 28.9 Å². The molecule has 1 heterocycles. The number of hydrogen-bond donors (Lipinski definition) is 0. The average molecular weight is 326 g/mol. The van der Waals surface area contributed by atoms with Gasteiger partial charge in [-0.3, -0.25) is 4.79 Å². The van der Waals surface area contributed by atoms with E-state index in [2.05, 4.69) is 4.98 Å². The summed E-state index contributed by atoms with van der Waals surface area (Å²) in [5.74, 6) is -0.939. The van der Waals surface area contributed by atoms with Crippen LogP contribution >= 0.6 is 22.9 Å². The van der Waals surface area contributed by atoms with Crippen molar-refractivity contribution in [2.75, 3.05) is 6.61 Å². The molecule has 1 aromatic carbocycles. The van der Waals surface area contributed by atoms with Crippen molar-refractivity contribution in [2.24, 2.45) is 0 Å². The van der Waals surface area contributed by atoms with Crippen LogP contribution in [0.1, 0.15) is 29.8 Å². The predicted molar refractivity (Wildman–Crippen MR) is 80.2 cm³/mol. The standard InChI is InChI=1S/C15H13ClFNO2S/c1-2-20-15(19)9-4-6-12-13(9)18-14(21-12)10-7-8(16)3-5-11(10)17/h3,5,7,9H,2,4,6H2,1H3. The molecule has 1 aliphatic rings. The van der Waals surface area contributed by atoms with Gasteiger partial charge in [0.1, 0.15) is 16.7 Å². The molecule has 21 heavy (non-hydrogen) atoms. The Morgan fingerprint density at radius 3 is 3.14 bits per heavy atom. The van der Waals surface area contributed by atoms with E-state index in [0.29, 0.717) is 28.6 Å². The van der Waals surface area contributed by atoms with Crippen LogP contribution in [0.3, 0.4) is 0 Å². The van der Waals surface area contributed by atoms with E-state index in [0.717, 1.165) is 17.0 Å². The Kier molecular flexibility index (Phi) is 3.95. The van der Waals surface area contributed by atoms with E-state index in [4.69, 9.17) is 16.3 Å². The second-order valence-electron chi connectivity index (χ2n) is 4.79. The van der Waals surface area contributed by atoms with Gasteiger partial charge in [-0.05, 0) is 38.0 Å². The van der Waals surface area contributed by atoms with E-state index in [-0.39, 0.29) is 17.7 Å². The lowest BCUT2D eigenvalue weighted by Gasteiger charge is -2.08. The molecule has 110 valence electrons. The summed E-state index contributed by atoms with van der Waals surface area (Å²) >= 11 is 7.34. The molecule has 1 unspecified atom stereocenters. The van der Waals surface area contributed by atoms with Gasteiger partial charge < -0.3 is 4.74 Å². The highest BCUT2D eigenvalue weighted by molar-refractivity contribution is 7.15. The molecule has 3 nitrogen and oxygen atoms in total. The third-order valence-electron chi connectivity index (χ3n) is 3.45. The molecule has 1 aliphatic carbocycles. The van der Waals surface area contributed by atoms with Crippen molar-refractivity contribution in [1.82, 2.24) is 4.98 Å². The Morgan fingerprint density at radius 2 is 2.38 bits per heavy atom. The number of halogens is 2. The van der Waals surface area contributed by atoms with Crippen molar-refractivity contribution in [3.05, 3.63) is 39.6 Å². The van der Waals surface area contributed by atoms with Gasteiger partial charge in [0, 0.05) is 15.5 Å². The van der Waals surface area contributed by atoms with Gasteiger partial charge in [0.2, 0.25) is 0 Å². The number of carbonyl (C=O) groups excluding carboxylic acids is 1. The minimum Gasteiger partial charge on any atom is -0.465 e. The van der Waals surface area contributed by atoms with Crippen LogP contribution in [0.4, 0.5) is 4.39 Å². The molecule has 0 aliphatic heterocycles. The van der Waals surface area contributed by atoms with E-state index >= 15 is 0 Å². The molecule has 0 bridgehead atoms. The first-order chi connectivity index (χ1) is 10.1. The Morgan fingerprint density at radius 1 is 1.57 bits per heavy atom. The maximum Gasteiger partial charge on any atom is 0.315 e. The topological polar surface area (TPSA) is 39.2 Å². The lowest BCUT2D eigenvalue weighted by atomic mass is 10.1. The highest BCUT2D eigenvalue weighted by Crippen LogP contribution is 2.41. The highest BCUT2D eigenvalue weighted by Gasteiger charge is 2.34. The van der Waals surface area contributed by atoms with Gasteiger partial charge >= 0.3 is 5.97 Å². The minimum absolute atomic E-state index is 0.250. The predicted octanol–water partition coefficient (Wildman–Crippen LogP) is 4.20. The van der Waals surface area contributed by atoms with Gasteiger partial charge in [0.15, 0.2) is 0 Å². The smallest absolute Gasteiger partial charge is 0.315 e. The highest BCUT2D eigenvalue weighted by atomic mass is 35.5. The molecule has 1 aromatic heterocycles. The van der Waals surface area contributed by atoms with E-state index in [9.17, 15) is 9.18 Å². The van der Waals surface area contributed by atoms with Gasteiger partial charge in [-0.15, -0.1) is 11.3 Å². The first-order valence-corrected chi connectivity index (χ1v) is 7.91. The fraction of sp³-hybridized carbons (Fsp3) is 0.333. The van der Waals surface area contributed by atoms with Crippen molar-refractivity contribution in [2.45, 2.75) is 25.7 Å². The Bertz CT molecular complexity index is 701. The number of carbonyl (C=O) groups is 1. The van der Waals surface area contributed by atoms with E-state index in [1.54, 1.807) is 13.0 Å². The molecule has 2 aromatic rings. The summed E-state index contributed by atoms with van der Waals surface area (Å²) in [6.07, 6.45) is 1.49. The monoisotopic (exact) mass is 325 g/mol. The zero-order valence-corrected chi connectivity index (χ0v) is 12.9. The van der Waals surface area contributed by atoms with Crippen LogP contribution in [0.2, 0.25) is 5.02 Å². The van der Waals surface area contributed by atoms with Crippen LogP contribution in [0.5, 0.6) is 0 Å². The molecule has 0 amide bonds. The summed E-state index contributed by atoms with van der Waals surface area (Å²) in [5, 5.41) is 1.03. The first kappa shape index (κ1) is 14.5. The quantitative estimate of drug-likeness (QED) is 0.794. The van der Waals surface area contributed by atoms with Crippen LogP contribution in [0.15, 0.2) is 18.2 Å². The second-order valence-corrected chi connectivity index (χ2v) is 6.31. The van der Waals surface area contributed by atoms with Gasteiger partial charge in [-0.1, -0.05) is 11.6 Å². The van der Waals surface area contributed by atoms with Crippen molar-refractivity contribution in [3.63, 3.8) is 0 Å². The van der Waals surface area contributed by atoms with Crippen LogP contribution in [-0.2, 0) is 16.0 Å². The number of thiazole rings is 1. The number of aryl methyl sites for hydroxylation is 1. The fourth-order valence-corrected chi connectivity index (χ4v) is 3.80. The van der Waals surface area contributed by atoms with Crippen LogP contribution in [-0.4, -0.2) is 17.6 Å². The largest absolute Gasteiger partial charge is 0.465 e. The maximum absolute atomic E-state index is 13.9. The molecule has 6 heteroatoms. The van der Waals surface area contributed by atoms with Gasteiger partial charge in [0.25, 0.3) is 0 Å². The third kappa shape index (κ3) is 2.68. The molecule has 1 atom stereocenters. The normalized spacial score (nSPS) is 16.8. The maximum atomic E-state index is 13.9. The van der Waals surface area contributed by atoms with Gasteiger partial charge in [0.05, 0.1) is 12.3 Å². The summed E-state index contributed by atoms with van der Waals surface area (Å²) < 4.78 is 19.0. The van der Waals surface area contributed by atoms with Crippen LogP contribution in [0.25, 0.3) is 10.6 Å². The molecule has 0 saturated heterocycles. The zero-order valence-electron chi connectivity index (χ0n) is 11.4. The minimum atomic E-state index is -0.362. The fourth-order valence-electron chi connectivity index (χ4n) is 2.48. The number of rotatable bonds is 3. The van der Waals surface area contributed by atoms with Gasteiger partial charge in [-0.25, -0.2) is 9.37 Å². The molecule has 3 rings (SSSR count). The number of benzene rings is 1. The first-order valence-electron chi connectivity index (χ1n) is 6.71. The van der Waals surface area contributed by atoms with Crippen molar-refractivity contribution < 1.29 is 13.9 Å². The molecule has 0 spiro atoms. The summed E-state index contributed by atoms with van der Waals surface area (Å²) in [6, 6.07) is 4.39. The van der Waals surface area contributed by atoms with Crippen LogP contribution < -0.4 is 0 Å². The number of hydrogen-bond acceptors (Lipinski definition) is 4. The second kappa shape index (κ2) is 5.73. The van der Waals surface area contributed by atoms with E-state index in [1.165, 1.54) is 23.5 Å². The number of esters is 1. The van der Waals surface area contributed by atoms with E-state index in [1.807, 2.05) is 0 Å². The van der Waals surface area contributed by atoms with Crippen LogP contribution in [0, 0.1) is 5.82 Å². The molecule has 0 saturated carbocycles. The lowest BCUT2D eigenvalue weighted by molar-refractivity contribution is -0.145. The third-order valence-corrected chi connectivity index (χ3v) is 4.85. The van der Waals surface area contributed by atoms with Crippen molar-refractivity contribution in [3.8, 4) is 10.6 Å².